The van der Waals surface area contributed by atoms with Crippen LogP contribution >= 0.6 is 0 Å². The molecule has 2 unspecified atom stereocenters. The molecule has 3 aliphatic rings. The third-order valence-corrected chi connectivity index (χ3v) is 6.28. The number of allylic oxidation sites excluding steroid dienone is 1. The van der Waals surface area contributed by atoms with Crippen LogP contribution in [-0.2, 0) is 9.59 Å². The zero-order valence-electron chi connectivity index (χ0n) is 17.7. The van der Waals surface area contributed by atoms with Gasteiger partial charge in [0.2, 0.25) is 5.91 Å². The van der Waals surface area contributed by atoms with Gasteiger partial charge in [0.25, 0.3) is 5.91 Å². The third-order valence-electron chi connectivity index (χ3n) is 6.28. The highest BCUT2D eigenvalue weighted by Crippen LogP contribution is 2.41. The Morgan fingerprint density at radius 1 is 1.26 bits per heavy atom. The predicted molar refractivity (Wildman–Crippen MR) is 119 cm³/mol. The normalized spacial score (nSPS) is 23.7. The number of carbonyl (C=O) groups excluding carboxylic acids is 2. The third kappa shape index (κ3) is 3.74. The van der Waals surface area contributed by atoms with Crippen LogP contribution in [0.25, 0.3) is 11.6 Å². The summed E-state index contributed by atoms with van der Waals surface area (Å²) in [6.07, 6.45) is 8.34. The van der Waals surface area contributed by atoms with Gasteiger partial charge in [0, 0.05) is 25.4 Å². The molecule has 1 saturated heterocycles. The summed E-state index contributed by atoms with van der Waals surface area (Å²) in [5, 5.41) is 2.75. The first-order valence-electron chi connectivity index (χ1n) is 10.6. The zero-order chi connectivity index (χ0) is 21.6. The summed E-state index contributed by atoms with van der Waals surface area (Å²) >= 11 is 0. The molecule has 0 bridgehead atoms. The Hall–Kier alpha value is -3.41. The molecule has 1 aromatic heterocycles. The summed E-state index contributed by atoms with van der Waals surface area (Å²) in [5.74, 6) is 1.62. The standard InChI is InChI=1S/C25H25N3O3/c1-25(2)24(30)27-23-21(31-25)10-16(13-26-23)8-9-22(29)28-14-19-11-18(12-20(19)15-28)17-6-4-3-5-7-17/h3-11,13,19-20H,12,14-15H2,1-2H3,(H,26,27,30). The quantitative estimate of drug-likeness (QED) is 0.775. The molecule has 0 saturated carbocycles. The Bertz CT molecular complexity index is 1100. The highest BCUT2D eigenvalue weighted by atomic mass is 16.5. The van der Waals surface area contributed by atoms with E-state index in [-0.39, 0.29) is 11.8 Å². The first-order valence-corrected chi connectivity index (χ1v) is 10.6. The van der Waals surface area contributed by atoms with Crippen LogP contribution < -0.4 is 10.1 Å². The molecule has 3 heterocycles. The second kappa shape index (κ2) is 7.38. The second-order valence-corrected chi connectivity index (χ2v) is 8.94. The van der Waals surface area contributed by atoms with E-state index in [2.05, 4.69) is 40.6 Å². The number of nitrogens with one attached hydrogen (secondary N) is 1. The van der Waals surface area contributed by atoms with E-state index >= 15 is 0 Å². The van der Waals surface area contributed by atoms with E-state index in [9.17, 15) is 9.59 Å². The van der Waals surface area contributed by atoms with Gasteiger partial charge in [-0.1, -0.05) is 36.4 Å². The fraction of sp³-hybridized carbons (Fsp3) is 0.320. The Labute approximate surface area is 181 Å². The van der Waals surface area contributed by atoms with E-state index < -0.39 is 5.60 Å². The molecule has 31 heavy (non-hydrogen) atoms. The Kier molecular flexibility index (Phi) is 4.65. The molecule has 2 aliphatic heterocycles. The minimum atomic E-state index is -0.952. The van der Waals surface area contributed by atoms with Crippen molar-refractivity contribution in [2.24, 2.45) is 11.8 Å². The molecule has 6 heteroatoms. The fourth-order valence-electron chi connectivity index (χ4n) is 4.53. The van der Waals surface area contributed by atoms with Crippen LogP contribution in [-0.4, -0.2) is 40.4 Å². The largest absolute Gasteiger partial charge is 0.474 e. The highest BCUT2D eigenvalue weighted by Gasteiger charge is 2.38. The molecule has 0 spiro atoms. The molecule has 2 amide bonds. The number of aromatic nitrogens is 1. The van der Waals surface area contributed by atoms with Gasteiger partial charge in [0.15, 0.2) is 17.2 Å². The van der Waals surface area contributed by atoms with Gasteiger partial charge in [-0.25, -0.2) is 4.98 Å². The van der Waals surface area contributed by atoms with Gasteiger partial charge in [-0.15, -0.1) is 0 Å². The lowest BCUT2D eigenvalue weighted by atomic mass is 9.98. The van der Waals surface area contributed by atoms with E-state index in [4.69, 9.17) is 4.74 Å². The van der Waals surface area contributed by atoms with Gasteiger partial charge in [0.05, 0.1) is 0 Å². The molecule has 1 aromatic carbocycles. The number of ether oxygens (including phenoxy) is 1. The minimum Gasteiger partial charge on any atom is -0.474 e. The van der Waals surface area contributed by atoms with Crippen molar-refractivity contribution in [3.8, 4) is 5.75 Å². The number of amides is 2. The van der Waals surface area contributed by atoms with Crippen LogP contribution in [0.2, 0.25) is 0 Å². The Morgan fingerprint density at radius 2 is 2.06 bits per heavy atom. The number of fused-ring (bicyclic) bond motifs is 2. The van der Waals surface area contributed by atoms with E-state index in [1.54, 1.807) is 38.3 Å². The number of likely N-dealkylation sites (tertiary alicyclic amines) is 1. The molecule has 1 aliphatic carbocycles. The van der Waals surface area contributed by atoms with E-state index in [0.29, 0.717) is 23.4 Å². The van der Waals surface area contributed by atoms with Crippen LogP contribution in [0.1, 0.15) is 31.4 Å². The molecule has 6 nitrogen and oxygen atoms in total. The number of benzene rings is 1. The summed E-state index contributed by atoms with van der Waals surface area (Å²) < 4.78 is 5.77. The fourth-order valence-corrected chi connectivity index (χ4v) is 4.53. The highest BCUT2D eigenvalue weighted by molar-refractivity contribution is 5.99. The molecule has 5 rings (SSSR count). The second-order valence-electron chi connectivity index (χ2n) is 8.94. The van der Waals surface area contributed by atoms with Crippen LogP contribution in [0, 0.1) is 11.8 Å². The lowest BCUT2D eigenvalue weighted by molar-refractivity contribution is -0.129. The van der Waals surface area contributed by atoms with Gasteiger partial charge < -0.3 is 15.0 Å². The van der Waals surface area contributed by atoms with Gasteiger partial charge in [-0.2, -0.15) is 0 Å². The van der Waals surface area contributed by atoms with Crippen molar-refractivity contribution in [3.63, 3.8) is 0 Å². The number of nitrogens with zero attached hydrogens (tertiary/aromatic N) is 2. The van der Waals surface area contributed by atoms with Crippen molar-refractivity contribution in [2.75, 3.05) is 18.4 Å². The van der Waals surface area contributed by atoms with Gasteiger partial charge in [-0.05, 0) is 60.9 Å². The smallest absolute Gasteiger partial charge is 0.269 e. The van der Waals surface area contributed by atoms with Crippen LogP contribution in [0.4, 0.5) is 5.82 Å². The molecular formula is C25H25N3O3. The molecule has 0 radical (unpaired) electrons. The molecule has 2 atom stereocenters. The average molecular weight is 415 g/mol. The maximum Gasteiger partial charge on any atom is 0.269 e. The van der Waals surface area contributed by atoms with Crippen LogP contribution in [0.15, 0.2) is 54.7 Å². The summed E-state index contributed by atoms with van der Waals surface area (Å²) in [6, 6.07) is 12.3. The summed E-state index contributed by atoms with van der Waals surface area (Å²) in [5.41, 5.74) is 2.49. The molecule has 1 fully saturated rings. The van der Waals surface area contributed by atoms with E-state index in [0.717, 1.165) is 25.1 Å². The predicted octanol–water partition coefficient (Wildman–Crippen LogP) is 3.77. The summed E-state index contributed by atoms with van der Waals surface area (Å²) in [6.45, 7) is 4.96. The van der Waals surface area contributed by atoms with Crippen LogP contribution in [0.3, 0.4) is 0 Å². The average Bonchev–Trinajstić information content (AvgIpc) is 3.33. The number of anilines is 1. The lowest BCUT2D eigenvalue weighted by Crippen LogP contribution is -2.46. The van der Waals surface area contributed by atoms with Crippen LogP contribution in [0.5, 0.6) is 5.75 Å². The number of hydrogen-bond acceptors (Lipinski definition) is 4. The number of pyridine rings is 1. The number of hydrogen-bond donors (Lipinski definition) is 1. The Morgan fingerprint density at radius 3 is 2.84 bits per heavy atom. The molecule has 158 valence electrons. The van der Waals surface area contributed by atoms with Gasteiger partial charge >= 0.3 is 0 Å². The van der Waals surface area contributed by atoms with E-state index in [1.165, 1.54) is 11.1 Å². The van der Waals surface area contributed by atoms with Crippen molar-refractivity contribution >= 4 is 29.3 Å². The van der Waals surface area contributed by atoms with Crippen molar-refractivity contribution in [2.45, 2.75) is 25.9 Å². The van der Waals surface area contributed by atoms with Gasteiger partial charge in [-0.3, -0.25) is 9.59 Å². The van der Waals surface area contributed by atoms with Crippen molar-refractivity contribution in [1.82, 2.24) is 9.88 Å². The maximum absolute atomic E-state index is 12.7. The van der Waals surface area contributed by atoms with E-state index in [1.807, 2.05) is 11.0 Å². The summed E-state index contributed by atoms with van der Waals surface area (Å²) in [7, 11) is 0. The van der Waals surface area contributed by atoms with Crippen molar-refractivity contribution in [3.05, 3.63) is 65.9 Å². The molecule has 2 aromatic rings. The first-order chi connectivity index (χ1) is 14.9. The zero-order valence-corrected chi connectivity index (χ0v) is 17.7. The number of rotatable bonds is 3. The molecule has 1 N–H and O–H groups in total. The first kappa shape index (κ1) is 19.5. The minimum absolute atomic E-state index is 0.0105. The van der Waals surface area contributed by atoms with Crippen molar-refractivity contribution < 1.29 is 14.3 Å². The monoisotopic (exact) mass is 415 g/mol. The Balaban J connectivity index is 1.24. The van der Waals surface area contributed by atoms with Crippen molar-refractivity contribution in [1.29, 1.82) is 0 Å². The maximum atomic E-state index is 12.7. The number of carbonyl (C=O) groups is 2. The van der Waals surface area contributed by atoms with Gasteiger partial charge in [0.1, 0.15) is 0 Å². The lowest BCUT2D eigenvalue weighted by Gasteiger charge is -2.30. The SMILES string of the molecule is CC1(C)Oc2cc(C=CC(=O)N3CC4C=C(c5ccccc5)CC4C3)cnc2NC1=O. The topological polar surface area (TPSA) is 71.5 Å². The summed E-state index contributed by atoms with van der Waals surface area (Å²) in [4.78, 5) is 30.9. The molecular weight excluding hydrogens is 390 g/mol.